The third kappa shape index (κ3) is 2.29. The minimum Gasteiger partial charge on any atom is -0.381 e. The zero-order chi connectivity index (χ0) is 11.6. The summed E-state index contributed by atoms with van der Waals surface area (Å²) in [5.41, 5.74) is -0.333. The highest BCUT2D eigenvalue weighted by atomic mass is 16.5. The lowest BCUT2D eigenvalue weighted by Crippen LogP contribution is -2.58. The van der Waals surface area contributed by atoms with Crippen molar-refractivity contribution in [2.24, 2.45) is 5.92 Å². The highest BCUT2D eigenvalue weighted by Crippen LogP contribution is 2.25. The molecule has 4 heteroatoms. The summed E-state index contributed by atoms with van der Waals surface area (Å²) in [7, 11) is 0. The number of rotatable bonds is 3. The number of carbonyl (C=O) groups is 1. The van der Waals surface area contributed by atoms with Crippen LogP contribution in [0.1, 0.15) is 20.3 Å². The minimum atomic E-state index is -0.333. The largest absolute Gasteiger partial charge is 0.381 e. The molecule has 1 N–H and O–H groups in total. The summed E-state index contributed by atoms with van der Waals surface area (Å²) in [5, 5.41) is 3.32. The maximum Gasteiger partial charge on any atom is 0.157 e. The summed E-state index contributed by atoms with van der Waals surface area (Å²) in [6, 6.07) is 0. The molecule has 2 saturated heterocycles. The van der Waals surface area contributed by atoms with Crippen molar-refractivity contribution in [2.45, 2.75) is 25.8 Å². The molecule has 1 atom stereocenters. The Hall–Kier alpha value is -0.450. The summed E-state index contributed by atoms with van der Waals surface area (Å²) in [6.07, 6.45) is 0.897. The molecule has 2 aliphatic heterocycles. The Labute approximate surface area is 97.3 Å². The molecule has 2 fully saturated rings. The smallest absolute Gasteiger partial charge is 0.157 e. The number of hydrogen-bond acceptors (Lipinski definition) is 4. The molecular formula is C12H22N2O2. The predicted molar refractivity (Wildman–Crippen MR) is 62.5 cm³/mol. The number of Topliss-reactive ketones (excluding diaryl/α,β-unsaturated/α-hetero) is 1. The first kappa shape index (κ1) is 12.0. The minimum absolute atomic E-state index is 0.116. The number of ketones is 1. The maximum atomic E-state index is 12.4. The zero-order valence-electron chi connectivity index (χ0n) is 10.3. The van der Waals surface area contributed by atoms with Gasteiger partial charge in [-0.2, -0.15) is 0 Å². The Morgan fingerprint density at radius 2 is 2.06 bits per heavy atom. The van der Waals surface area contributed by atoms with E-state index in [4.69, 9.17) is 4.74 Å². The van der Waals surface area contributed by atoms with E-state index in [1.165, 1.54) is 0 Å². The van der Waals surface area contributed by atoms with Gasteiger partial charge in [0.25, 0.3) is 0 Å². The Balaban J connectivity index is 2.01. The summed E-state index contributed by atoms with van der Waals surface area (Å²) in [6.45, 7) is 9.37. The van der Waals surface area contributed by atoms with E-state index in [1.807, 2.05) is 0 Å². The second kappa shape index (κ2) is 4.82. The molecule has 0 radical (unpaired) electrons. The summed E-state index contributed by atoms with van der Waals surface area (Å²) >= 11 is 0. The number of nitrogens with zero attached hydrogens (tertiary/aromatic N) is 1. The van der Waals surface area contributed by atoms with E-state index in [0.29, 0.717) is 12.4 Å². The Morgan fingerprint density at radius 1 is 1.38 bits per heavy atom. The molecular weight excluding hydrogens is 204 g/mol. The first-order chi connectivity index (χ1) is 7.62. The third-order valence-corrected chi connectivity index (χ3v) is 3.81. The lowest BCUT2D eigenvalue weighted by Gasteiger charge is -2.41. The fourth-order valence-corrected chi connectivity index (χ4v) is 2.62. The van der Waals surface area contributed by atoms with E-state index in [2.05, 4.69) is 24.1 Å². The standard InChI is InChI=1S/C12H22N2O2/c1-12(2,14-6-4-13-5-7-14)11(15)10-3-8-16-9-10/h10,13H,3-9H2,1-2H3. The van der Waals surface area contributed by atoms with Crippen molar-refractivity contribution in [1.29, 1.82) is 0 Å². The molecule has 0 aromatic carbocycles. The molecule has 2 rings (SSSR count). The van der Waals surface area contributed by atoms with Gasteiger partial charge in [0.15, 0.2) is 5.78 Å². The van der Waals surface area contributed by atoms with Crippen LogP contribution in [0.3, 0.4) is 0 Å². The van der Waals surface area contributed by atoms with Gasteiger partial charge in [-0.05, 0) is 20.3 Å². The van der Waals surface area contributed by atoms with Crippen LogP contribution < -0.4 is 5.32 Å². The van der Waals surface area contributed by atoms with E-state index in [1.54, 1.807) is 0 Å². The van der Waals surface area contributed by atoms with Crippen molar-refractivity contribution in [2.75, 3.05) is 39.4 Å². The van der Waals surface area contributed by atoms with Crippen LogP contribution >= 0.6 is 0 Å². The lowest BCUT2D eigenvalue weighted by molar-refractivity contribution is -0.134. The molecule has 16 heavy (non-hydrogen) atoms. The van der Waals surface area contributed by atoms with Crippen LogP contribution in [0.2, 0.25) is 0 Å². The molecule has 0 aliphatic carbocycles. The number of nitrogens with one attached hydrogen (secondary N) is 1. The van der Waals surface area contributed by atoms with Gasteiger partial charge in [0.1, 0.15) is 0 Å². The average molecular weight is 226 g/mol. The van der Waals surface area contributed by atoms with Gasteiger partial charge in [-0.1, -0.05) is 0 Å². The van der Waals surface area contributed by atoms with Crippen LogP contribution in [0, 0.1) is 5.92 Å². The monoisotopic (exact) mass is 226 g/mol. The van der Waals surface area contributed by atoms with E-state index < -0.39 is 0 Å². The molecule has 0 spiro atoms. The molecule has 1 unspecified atom stereocenters. The highest BCUT2D eigenvalue weighted by molar-refractivity contribution is 5.90. The van der Waals surface area contributed by atoms with Crippen LogP contribution in [0.5, 0.6) is 0 Å². The van der Waals surface area contributed by atoms with Crippen LogP contribution in [0.15, 0.2) is 0 Å². The molecule has 92 valence electrons. The Bertz CT molecular complexity index is 254. The van der Waals surface area contributed by atoms with E-state index in [0.717, 1.165) is 39.2 Å². The van der Waals surface area contributed by atoms with Crippen molar-refractivity contribution >= 4 is 5.78 Å². The van der Waals surface area contributed by atoms with Crippen molar-refractivity contribution < 1.29 is 9.53 Å². The first-order valence-corrected chi connectivity index (χ1v) is 6.20. The molecule has 0 aromatic heterocycles. The number of carbonyl (C=O) groups excluding carboxylic acids is 1. The number of hydrogen-bond donors (Lipinski definition) is 1. The third-order valence-electron chi connectivity index (χ3n) is 3.81. The SMILES string of the molecule is CC(C)(C(=O)C1CCOC1)N1CCNCC1. The van der Waals surface area contributed by atoms with E-state index in [-0.39, 0.29) is 11.5 Å². The van der Waals surface area contributed by atoms with Gasteiger partial charge < -0.3 is 10.1 Å². The van der Waals surface area contributed by atoms with E-state index >= 15 is 0 Å². The number of ether oxygens (including phenoxy) is 1. The predicted octanol–water partition coefficient (Wildman–Crippen LogP) is 0.276. The van der Waals surface area contributed by atoms with Crippen LogP contribution in [0.4, 0.5) is 0 Å². The molecule has 2 aliphatic rings. The fourth-order valence-electron chi connectivity index (χ4n) is 2.62. The summed E-state index contributed by atoms with van der Waals surface area (Å²) in [5.74, 6) is 0.469. The van der Waals surface area contributed by atoms with Crippen LogP contribution in [-0.4, -0.2) is 55.6 Å². The molecule has 0 bridgehead atoms. The second-order valence-electron chi connectivity index (χ2n) is 5.22. The molecule has 2 heterocycles. The maximum absolute atomic E-state index is 12.4. The van der Waals surface area contributed by atoms with Gasteiger partial charge in [0.05, 0.1) is 12.1 Å². The molecule has 0 amide bonds. The Morgan fingerprint density at radius 3 is 2.62 bits per heavy atom. The van der Waals surface area contributed by atoms with Gasteiger partial charge in [-0.3, -0.25) is 9.69 Å². The number of piperazine rings is 1. The Kier molecular flexibility index (Phi) is 3.62. The highest BCUT2D eigenvalue weighted by Gasteiger charge is 2.40. The van der Waals surface area contributed by atoms with E-state index in [9.17, 15) is 4.79 Å². The van der Waals surface area contributed by atoms with Gasteiger partial charge in [-0.15, -0.1) is 0 Å². The second-order valence-corrected chi connectivity index (χ2v) is 5.22. The normalized spacial score (nSPS) is 28.2. The van der Waals surface area contributed by atoms with Gasteiger partial charge in [0.2, 0.25) is 0 Å². The van der Waals surface area contributed by atoms with Crippen molar-refractivity contribution in [3.05, 3.63) is 0 Å². The van der Waals surface area contributed by atoms with Gasteiger partial charge in [-0.25, -0.2) is 0 Å². The van der Waals surface area contributed by atoms with Crippen LogP contribution in [0.25, 0.3) is 0 Å². The fraction of sp³-hybridized carbons (Fsp3) is 0.917. The molecule has 0 aromatic rings. The summed E-state index contributed by atoms with van der Waals surface area (Å²) in [4.78, 5) is 14.7. The topological polar surface area (TPSA) is 41.6 Å². The summed E-state index contributed by atoms with van der Waals surface area (Å²) < 4.78 is 5.31. The van der Waals surface area contributed by atoms with Crippen LogP contribution in [-0.2, 0) is 9.53 Å². The zero-order valence-corrected chi connectivity index (χ0v) is 10.3. The quantitative estimate of drug-likeness (QED) is 0.750. The van der Waals surface area contributed by atoms with Gasteiger partial charge in [0, 0.05) is 38.7 Å². The van der Waals surface area contributed by atoms with Crippen molar-refractivity contribution in [1.82, 2.24) is 10.2 Å². The lowest BCUT2D eigenvalue weighted by atomic mass is 9.86. The molecule has 4 nitrogen and oxygen atoms in total. The molecule has 0 saturated carbocycles. The van der Waals surface area contributed by atoms with Crippen molar-refractivity contribution in [3.63, 3.8) is 0 Å². The average Bonchev–Trinajstić information content (AvgIpc) is 2.82. The van der Waals surface area contributed by atoms with Crippen molar-refractivity contribution in [3.8, 4) is 0 Å². The van der Waals surface area contributed by atoms with Gasteiger partial charge >= 0.3 is 0 Å². The first-order valence-electron chi connectivity index (χ1n) is 6.20.